The fraction of sp³-hybridized carbons (Fsp3) is 0.625. The lowest BCUT2D eigenvalue weighted by Crippen LogP contribution is -2.46. The lowest BCUT2D eigenvalue weighted by Gasteiger charge is -2.38. The molecule has 1 N–H and O–H groups in total. The molecule has 1 aliphatic heterocycles. The van der Waals surface area contributed by atoms with Gasteiger partial charge in [-0.15, -0.1) is 0 Å². The summed E-state index contributed by atoms with van der Waals surface area (Å²) in [5, 5.41) is 10.5. The molecule has 0 radical (unpaired) electrons. The minimum Gasteiger partial charge on any atom is -0.380 e. The second-order valence-electron chi connectivity index (χ2n) is 6.77. The van der Waals surface area contributed by atoms with Crippen LogP contribution in [0.4, 0.5) is 0 Å². The highest BCUT2D eigenvalue weighted by Gasteiger charge is 2.38. The Kier molecular flexibility index (Phi) is 3.28. The zero-order valence-corrected chi connectivity index (χ0v) is 12.1. The van der Waals surface area contributed by atoms with E-state index in [9.17, 15) is 5.11 Å². The largest absolute Gasteiger partial charge is 0.380 e. The van der Waals surface area contributed by atoms with Gasteiger partial charge in [0, 0.05) is 0 Å². The van der Waals surface area contributed by atoms with E-state index < -0.39 is 5.60 Å². The first-order valence-corrected chi connectivity index (χ1v) is 6.68. The Labute approximate surface area is 110 Å². The number of ether oxygens (including phenoxy) is 1. The zero-order chi connectivity index (χ0) is 13.6. The molecular weight excluding hydrogens is 224 g/mol. The van der Waals surface area contributed by atoms with Crippen LogP contribution >= 0.6 is 0 Å². The van der Waals surface area contributed by atoms with Crippen molar-refractivity contribution in [2.45, 2.75) is 51.6 Å². The van der Waals surface area contributed by atoms with Crippen LogP contribution in [0.1, 0.15) is 57.2 Å². The van der Waals surface area contributed by atoms with Gasteiger partial charge in [0.25, 0.3) is 0 Å². The van der Waals surface area contributed by atoms with Gasteiger partial charge in [0.1, 0.15) is 5.60 Å². The summed E-state index contributed by atoms with van der Waals surface area (Å²) in [6, 6.07) is 6.52. The Morgan fingerprint density at radius 3 is 2.17 bits per heavy atom. The standard InChI is InChI=1S/C16H24O2/c1-11(2)12-6-13(15(3,4)5)8-14(7-12)16(17)9-18-10-16/h6-8,11,17H,9-10H2,1-5H3. The second kappa shape index (κ2) is 4.36. The predicted octanol–water partition coefficient (Wildman–Crippen LogP) is 3.33. The summed E-state index contributed by atoms with van der Waals surface area (Å²) in [6.07, 6.45) is 0. The Morgan fingerprint density at radius 2 is 1.78 bits per heavy atom. The summed E-state index contributed by atoms with van der Waals surface area (Å²) in [4.78, 5) is 0. The summed E-state index contributed by atoms with van der Waals surface area (Å²) >= 11 is 0. The van der Waals surface area contributed by atoms with E-state index in [0.29, 0.717) is 19.1 Å². The van der Waals surface area contributed by atoms with Crippen molar-refractivity contribution < 1.29 is 9.84 Å². The van der Waals surface area contributed by atoms with Crippen LogP contribution in [0.25, 0.3) is 0 Å². The van der Waals surface area contributed by atoms with Crippen LogP contribution in [0.5, 0.6) is 0 Å². The molecule has 2 rings (SSSR count). The fourth-order valence-electron chi connectivity index (χ4n) is 2.15. The number of benzene rings is 1. The second-order valence-corrected chi connectivity index (χ2v) is 6.77. The molecule has 1 heterocycles. The van der Waals surface area contributed by atoms with Gasteiger partial charge in [-0.1, -0.05) is 52.8 Å². The van der Waals surface area contributed by atoms with Crippen LogP contribution < -0.4 is 0 Å². The normalized spacial score (nSPS) is 18.8. The highest BCUT2D eigenvalue weighted by Crippen LogP contribution is 2.35. The van der Waals surface area contributed by atoms with E-state index in [4.69, 9.17) is 4.74 Å². The Bertz CT molecular complexity index is 437. The van der Waals surface area contributed by atoms with Gasteiger partial charge in [0.15, 0.2) is 0 Å². The van der Waals surface area contributed by atoms with Gasteiger partial charge in [0.2, 0.25) is 0 Å². The van der Waals surface area contributed by atoms with Crippen molar-refractivity contribution in [1.29, 1.82) is 0 Å². The maximum absolute atomic E-state index is 10.5. The highest BCUT2D eigenvalue weighted by atomic mass is 16.5. The molecule has 100 valence electrons. The molecule has 0 saturated carbocycles. The summed E-state index contributed by atoms with van der Waals surface area (Å²) < 4.78 is 5.17. The highest BCUT2D eigenvalue weighted by molar-refractivity contribution is 5.39. The van der Waals surface area contributed by atoms with Crippen LogP contribution in [0.3, 0.4) is 0 Å². The smallest absolute Gasteiger partial charge is 0.136 e. The number of aliphatic hydroxyl groups is 1. The monoisotopic (exact) mass is 248 g/mol. The number of hydrogen-bond acceptors (Lipinski definition) is 2. The molecule has 18 heavy (non-hydrogen) atoms. The van der Waals surface area contributed by atoms with E-state index in [0.717, 1.165) is 5.56 Å². The maximum Gasteiger partial charge on any atom is 0.136 e. The van der Waals surface area contributed by atoms with Gasteiger partial charge in [-0.2, -0.15) is 0 Å². The first kappa shape index (κ1) is 13.6. The summed E-state index contributed by atoms with van der Waals surface area (Å²) in [5.74, 6) is 0.468. The van der Waals surface area contributed by atoms with Crippen molar-refractivity contribution in [2.24, 2.45) is 0 Å². The van der Waals surface area contributed by atoms with E-state index in [1.807, 2.05) is 0 Å². The SMILES string of the molecule is CC(C)c1cc(C(C)(C)C)cc(C2(O)COC2)c1. The fourth-order valence-corrected chi connectivity index (χ4v) is 2.15. The summed E-state index contributed by atoms with van der Waals surface area (Å²) in [6.45, 7) is 11.8. The quantitative estimate of drug-likeness (QED) is 0.870. The van der Waals surface area contributed by atoms with E-state index in [1.165, 1.54) is 11.1 Å². The van der Waals surface area contributed by atoms with Crippen molar-refractivity contribution in [3.63, 3.8) is 0 Å². The van der Waals surface area contributed by atoms with Gasteiger partial charge in [-0.25, -0.2) is 0 Å². The molecule has 1 fully saturated rings. The molecule has 1 saturated heterocycles. The lowest BCUT2D eigenvalue weighted by molar-refractivity contribution is -0.184. The van der Waals surface area contributed by atoms with E-state index >= 15 is 0 Å². The molecule has 1 aliphatic rings. The Morgan fingerprint density at radius 1 is 1.17 bits per heavy atom. The van der Waals surface area contributed by atoms with Gasteiger partial charge in [0.05, 0.1) is 13.2 Å². The Hall–Kier alpha value is -0.860. The average Bonchev–Trinajstić information content (AvgIpc) is 2.24. The minimum atomic E-state index is -0.773. The lowest BCUT2D eigenvalue weighted by atomic mass is 9.80. The molecular formula is C16H24O2. The third-order valence-corrected chi connectivity index (χ3v) is 3.71. The third kappa shape index (κ3) is 2.45. The van der Waals surface area contributed by atoms with Crippen molar-refractivity contribution in [2.75, 3.05) is 13.2 Å². The molecule has 2 heteroatoms. The van der Waals surface area contributed by atoms with Crippen LogP contribution in [0, 0.1) is 0 Å². The van der Waals surface area contributed by atoms with Gasteiger partial charge < -0.3 is 9.84 Å². The summed E-state index contributed by atoms with van der Waals surface area (Å²) in [5.41, 5.74) is 2.90. The van der Waals surface area contributed by atoms with Crippen molar-refractivity contribution in [1.82, 2.24) is 0 Å². The van der Waals surface area contributed by atoms with Gasteiger partial charge in [-0.3, -0.25) is 0 Å². The molecule has 1 aromatic carbocycles. The van der Waals surface area contributed by atoms with Crippen molar-refractivity contribution in [3.8, 4) is 0 Å². The van der Waals surface area contributed by atoms with Gasteiger partial charge in [-0.05, 0) is 28.0 Å². The molecule has 0 atom stereocenters. The molecule has 0 aliphatic carbocycles. The average molecular weight is 248 g/mol. The molecule has 2 nitrogen and oxygen atoms in total. The molecule has 0 unspecified atom stereocenters. The molecule has 0 amide bonds. The van der Waals surface area contributed by atoms with Crippen LogP contribution in [0.15, 0.2) is 18.2 Å². The van der Waals surface area contributed by atoms with E-state index in [1.54, 1.807) is 0 Å². The molecule has 0 spiro atoms. The number of rotatable bonds is 2. The number of hydrogen-bond donors (Lipinski definition) is 1. The van der Waals surface area contributed by atoms with Crippen LogP contribution in [-0.4, -0.2) is 18.3 Å². The van der Waals surface area contributed by atoms with E-state index in [-0.39, 0.29) is 5.41 Å². The van der Waals surface area contributed by atoms with E-state index in [2.05, 4.69) is 52.8 Å². The van der Waals surface area contributed by atoms with Gasteiger partial charge >= 0.3 is 0 Å². The zero-order valence-electron chi connectivity index (χ0n) is 12.1. The van der Waals surface area contributed by atoms with Crippen molar-refractivity contribution in [3.05, 3.63) is 34.9 Å². The first-order chi connectivity index (χ1) is 8.22. The topological polar surface area (TPSA) is 29.5 Å². The molecule has 0 bridgehead atoms. The predicted molar refractivity (Wildman–Crippen MR) is 73.9 cm³/mol. The molecule has 1 aromatic rings. The van der Waals surface area contributed by atoms with Crippen molar-refractivity contribution >= 4 is 0 Å². The molecule has 0 aromatic heterocycles. The minimum absolute atomic E-state index is 0.0978. The third-order valence-electron chi connectivity index (χ3n) is 3.71. The Balaban J connectivity index is 2.50. The van der Waals surface area contributed by atoms with Crippen LogP contribution in [0.2, 0.25) is 0 Å². The summed E-state index contributed by atoms with van der Waals surface area (Å²) in [7, 11) is 0. The van der Waals surface area contributed by atoms with Crippen LogP contribution in [-0.2, 0) is 15.8 Å². The maximum atomic E-state index is 10.5. The first-order valence-electron chi connectivity index (χ1n) is 6.68.